The van der Waals surface area contributed by atoms with Gasteiger partial charge in [0.1, 0.15) is 30.5 Å². The molecule has 2 amide bonds. The average Bonchev–Trinajstić information content (AvgIpc) is 3.34. The van der Waals surface area contributed by atoms with Gasteiger partial charge < -0.3 is 19.3 Å². The van der Waals surface area contributed by atoms with Crippen LogP contribution in [0.15, 0.2) is 60.0 Å². The van der Waals surface area contributed by atoms with Crippen LogP contribution in [0.1, 0.15) is 40.7 Å². The van der Waals surface area contributed by atoms with E-state index in [2.05, 4.69) is 0 Å². The van der Waals surface area contributed by atoms with Gasteiger partial charge in [-0.3, -0.25) is 9.59 Å². The Hall–Kier alpha value is -3.39. The molecular formula is C27H29FN2O4S. The second kappa shape index (κ2) is 10.9. The van der Waals surface area contributed by atoms with Gasteiger partial charge in [-0.25, -0.2) is 4.39 Å². The molecule has 0 bridgehead atoms. The lowest BCUT2D eigenvalue weighted by molar-refractivity contribution is -0.136. The number of rotatable bonds is 8. The smallest absolute Gasteiger partial charge is 0.254 e. The highest BCUT2D eigenvalue weighted by Crippen LogP contribution is 2.34. The largest absolute Gasteiger partial charge is 0.497 e. The minimum Gasteiger partial charge on any atom is -0.497 e. The molecule has 0 N–H and O–H groups in total. The minimum absolute atomic E-state index is 0.0432. The number of thiophene rings is 1. The molecule has 184 valence electrons. The van der Waals surface area contributed by atoms with Crippen molar-refractivity contribution < 1.29 is 23.5 Å². The second-order valence-corrected chi connectivity index (χ2v) is 9.68. The van der Waals surface area contributed by atoms with E-state index in [9.17, 15) is 14.0 Å². The average molecular weight is 497 g/mol. The van der Waals surface area contributed by atoms with Crippen molar-refractivity contribution in [2.24, 2.45) is 0 Å². The minimum atomic E-state index is -0.375. The van der Waals surface area contributed by atoms with Gasteiger partial charge in [0, 0.05) is 29.1 Å². The fourth-order valence-electron chi connectivity index (χ4n) is 4.23. The molecule has 2 heterocycles. The topological polar surface area (TPSA) is 59.1 Å². The number of nitrogens with zero attached hydrogens (tertiary/aromatic N) is 2. The molecule has 1 aliphatic rings. The van der Waals surface area contributed by atoms with Gasteiger partial charge in [0.2, 0.25) is 5.91 Å². The van der Waals surface area contributed by atoms with Gasteiger partial charge in [-0.15, -0.1) is 11.3 Å². The number of benzene rings is 2. The second-order valence-electron chi connectivity index (χ2n) is 8.68. The maximum Gasteiger partial charge on any atom is 0.254 e. The number of ether oxygens (including phenoxy) is 2. The van der Waals surface area contributed by atoms with E-state index in [0.29, 0.717) is 23.6 Å². The number of fused-ring (bicyclic) bond motifs is 1. The standard InChI is InChI=1S/C27H29FN2O4S/c1-18(2)30(27(32)19-7-9-21(33-3)10-8-19)16-26(31)29-13-11-25-23(12-14-35-25)24(29)17-34-22-6-4-5-20(28)15-22/h4-10,12,14-15,18,24H,11,13,16-17H2,1-3H3. The van der Waals surface area contributed by atoms with Crippen molar-refractivity contribution >= 4 is 23.2 Å². The lowest BCUT2D eigenvalue weighted by Gasteiger charge is -2.37. The molecular weight excluding hydrogens is 467 g/mol. The molecule has 0 saturated heterocycles. The molecule has 6 nitrogen and oxygen atoms in total. The van der Waals surface area contributed by atoms with Crippen LogP contribution in [0, 0.1) is 5.82 Å². The third kappa shape index (κ3) is 5.65. The molecule has 0 saturated carbocycles. The number of methoxy groups -OCH3 is 1. The number of hydrogen-bond acceptors (Lipinski definition) is 5. The first-order valence-corrected chi connectivity index (χ1v) is 12.4. The van der Waals surface area contributed by atoms with Gasteiger partial charge in [-0.05, 0) is 73.7 Å². The number of halogens is 1. The van der Waals surface area contributed by atoms with Crippen LogP contribution >= 0.6 is 11.3 Å². The quantitative estimate of drug-likeness (QED) is 0.443. The van der Waals surface area contributed by atoms with Crippen LogP contribution in [-0.2, 0) is 11.2 Å². The molecule has 8 heteroatoms. The van der Waals surface area contributed by atoms with Crippen molar-refractivity contribution in [3.63, 3.8) is 0 Å². The monoisotopic (exact) mass is 496 g/mol. The molecule has 0 fully saturated rings. The molecule has 4 rings (SSSR count). The summed E-state index contributed by atoms with van der Waals surface area (Å²) in [6, 6.07) is 14.4. The van der Waals surface area contributed by atoms with Crippen molar-refractivity contribution in [3.05, 3.63) is 81.8 Å². The zero-order chi connectivity index (χ0) is 24.9. The third-order valence-corrected chi connectivity index (χ3v) is 7.14. The summed E-state index contributed by atoms with van der Waals surface area (Å²) in [6.07, 6.45) is 0.753. The van der Waals surface area contributed by atoms with Crippen LogP contribution in [0.25, 0.3) is 0 Å². The van der Waals surface area contributed by atoms with Crippen LogP contribution in [0.5, 0.6) is 11.5 Å². The SMILES string of the molecule is COc1ccc(C(=O)N(CC(=O)N2CCc3sccc3C2COc2cccc(F)c2)C(C)C)cc1. The molecule has 1 aromatic heterocycles. The number of carbonyl (C=O) groups excluding carboxylic acids is 2. The molecule has 0 aliphatic carbocycles. The number of carbonyl (C=O) groups is 2. The van der Waals surface area contributed by atoms with E-state index in [1.807, 2.05) is 25.3 Å². The fourth-order valence-corrected chi connectivity index (χ4v) is 5.16. The molecule has 0 spiro atoms. The molecule has 0 radical (unpaired) electrons. The summed E-state index contributed by atoms with van der Waals surface area (Å²) < 4.78 is 24.7. The van der Waals surface area contributed by atoms with Gasteiger partial charge in [0.15, 0.2) is 0 Å². The van der Waals surface area contributed by atoms with Crippen LogP contribution in [0.2, 0.25) is 0 Å². The number of hydrogen-bond donors (Lipinski definition) is 0. The van der Waals surface area contributed by atoms with E-state index >= 15 is 0 Å². The van der Waals surface area contributed by atoms with Crippen molar-refractivity contribution in [2.75, 3.05) is 26.8 Å². The molecule has 1 unspecified atom stereocenters. The summed E-state index contributed by atoms with van der Waals surface area (Å²) in [4.78, 5) is 31.4. The summed E-state index contributed by atoms with van der Waals surface area (Å²) in [5, 5.41) is 2.02. The lowest BCUT2D eigenvalue weighted by atomic mass is 10.00. The van der Waals surface area contributed by atoms with E-state index in [0.717, 1.165) is 12.0 Å². The summed E-state index contributed by atoms with van der Waals surface area (Å²) in [5.41, 5.74) is 1.54. The van der Waals surface area contributed by atoms with Crippen LogP contribution < -0.4 is 9.47 Å². The predicted molar refractivity (Wildman–Crippen MR) is 134 cm³/mol. The van der Waals surface area contributed by atoms with E-state index in [4.69, 9.17) is 9.47 Å². The summed E-state index contributed by atoms with van der Waals surface area (Å²) in [6.45, 7) is 4.48. The van der Waals surface area contributed by atoms with Crippen molar-refractivity contribution in [2.45, 2.75) is 32.4 Å². The normalized spacial score (nSPS) is 15.0. The summed E-state index contributed by atoms with van der Waals surface area (Å²) in [7, 11) is 1.57. The Bertz CT molecular complexity index is 1180. The molecule has 3 aromatic rings. The molecule has 1 aliphatic heterocycles. The van der Waals surface area contributed by atoms with Crippen LogP contribution in [0.3, 0.4) is 0 Å². The van der Waals surface area contributed by atoms with Gasteiger partial charge in [0.25, 0.3) is 5.91 Å². The van der Waals surface area contributed by atoms with Gasteiger partial charge >= 0.3 is 0 Å². The lowest BCUT2D eigenvalue weighted by Crippen LogP contribution is -2.49. The Balaban J connectivity index is 1.52. The molecule has 2 aromatic carbocycles. The molecule has 1 atom stereocenters. The van der Waals surface area contributed by atoms with Gasteiger partial charge in [-0.1, -0.05) is 6.07 Å². The zero-order valence-electron chi connectivity index (χ0n) is 20.1. The summed E-state index contributed by atoms with van der Waals surface area (Å²) in [5.74, 6) is 0.343. The maximum atomic E-state index is 13.6. The Morgan fingerprint density at radius 2 is 1.91 bits per heavy atom. The number of amides is 2. The van der Waals surface area contributed by atoms with Crippen molar-refractivity contribution in [1.29, 1.82) is 0 Å². The third-order valence-electron chi connectivity index (χ3n) is 6.15. The fraction of sp³-hybridized carbons (Fsp3) is 0.333. The van der Waals surface area contributed by atoms with Crippen LogP contribution in [0.4, 0.5) is 4.39 Å². The van der Waals surface area contributed by atoms with Crippen molar-refractivity contribution in [3.8, 4) is 11.5 Å². The van der Waals surface area contributed by atoms with Crippen LogP contribution in [-0.4, -0.2) is 54.5 Å². The highest BCUT2D eigenvalue weighted by molar-refractivity contribution is 7.10. The van der Waals surface area contributed by atoms with E-state index in [1.165, 1.54) is 17.0 Å². The maximum absolute atomic E-state index is 13.6. The van der Waals surface area contributed by atoms with E-state index < -0.39 is 0 Å². The highest BCUT2D eigenvalue weighted by atomic mass is 32.1. The van der Waals surface area contributed by atoms with Gasteiger partial charge in [0.05, 0.1) is 13.2 Å². The first-order chi connectivity index (χ1) is 16.9. The Kier molecular flexibility index (Phi) is 7.70. The predicted octanol–water partition coefficient (Wildman–Crippen LogP) is 4.95. The van der Waals surface area contributed by atoms with E-state index in [-0.39, 0.29) is 42.9 Å². The molecule has 35 heavy (non-hydrogen) atoms. The zero-order valence-corrected chi connectivity index (χ0v) is 20.9. The highest BCUT2D eigenvalue weighted by Gasteiger charge is 2.34. The van der Waals surface area contributed by atoms with Gasteiger partial charge in [-0.2, -0.15) is 0 Å². The Morgan fingerprint density at radius 3 is 2.60 bits per heavy atom. The van der Waals surface area contributed by atoms with Crippen molar-refractivity contribution in [1.82, 2.24) is 9.80 Å². The first kappa shape index (κ1) is 24.7. The first-order valence-electron chi connectivity index (χ1n) is 11.6. The summed E-state index contributed by atoms with van der Waals surface area (Å²) >= 11 is 1.66. The van der Waals surface area contributed by atoms with E-state index in [1.54, 1.807) is 64.6 Å². The Labute approximate surface area is 208 Å². The Morgan fingerprint density at radius 1 is 1.14 bits per heavy atom.